The molecule has 6 nitrogen and oxygen atoms in total. The van der Waals surface area contributed by atoms with Gasteiger partial charge in [0, 0.05) is 19.8 Å². The quantitative estimate of drug-likeness (QED) is 0.827. The van der Waals surface area contributed by atoms with Gasteiger partial charge in [-0.2, -0.15) is 0 Å². The number of nitrogens with two attached hydrogens (primary N) is 1. The molecule has 0 aliphatic carbocycles. The Labute approximate surface area is 133 Å². The van der Waals surface area contributed by atoms with Gasteiger partial charge in [-0.15, -0.1) is 0 Å². The first-order chi connectivity index (χ1) is 9.81. The molecular weight excluding hydrogens is 324 g/mol. The first kappa shape index (κ1) is 19.1. The lowest BCUT2D eigenvalue weighted by molar-refractivity contribution is 0.292. The molecule has 0 saturated heterocycles. The second-order valence-corrected chi connectivity index (χ2v) is 10.4. The molecule has 0 saturated carbocycles. The summed E-state index contributed by atoms with van der Waals surface area (Å²) in [6, 6.07) is 4.13. The fourth-order valence-electron chi connectivity index (χ4n) is 2.01. The fourth-order valence-corrected chi connectivity index (χ4v) is 4.34. The van der Waals surface area contributed by atoms with E-state index in [0.717, 1.165) is 6.26 Å². The van der Waals surface area contributed by atoms with Crippen molar-refractivity contribution < 1.29 is 16.8 Å². The number of rotatable bonds is 6. The molecule has 0 spiro atoms. The molecule has 0 aliphatic heterocycles. The topological polar surface area (TPSA) is 97.5 Å². The number of aryl methyl sites for hydroxylation is 1. The Hall–Kier alpha value is -0.960. The second-order valence-electron chi connectivity index (χ2n) is 6.33. The summed E-state index contributed by atoms with van der Waals surface area (Å²) in [6.45, 7) is 5.97. The van der Waals surface area contributed by atoms with Crippen LogP contribution >= 0.6 is 0 Å². The summed E-state index contributed by atoms with van der Waals surface area (Å²) in [5.74, 6) is 0. The van der Waals surface area contributed by atoms with Crippen LogP contribution in [0, 0.1) is 12.3 Å². The van der Waals surface area contributed by atoms with Crippen LogP contribution < -0.4 is 5.73 Å². The molecule has 1 aromatic rings. The first-order valence-corrected chi connectivity index (χ1v) is 10.1. The van der Waals surface area contributed by atoms with Gasteiger partial charge in [-0.05, 0) is 36.6 Å². The van der Waals surface area contributed by atoms with E-state index in [9.17, 15) is 16.8 Å². The third-order valence-corrected chi connectivity index (χ3v) is 6.53. The normalized spacial score (nSPS) is 13.6. The lowest BCUT2D eigenvalue weighted by Crippen LogP contribution is -2.39. The molecule has 0 atom stereocenters. The fraction of sp³-hybridized carbons (Fsp3) is 0.571. The van der Waals surface area contributed by atoms with Crippen molar-refractivity contribution in [3.05, 3.63) is 23.8 Å². The lowest BCUT2D eigenvalue weighted by Gasteiger charge is -2.29. The van der Waals surface area contributed by atoms with Gasteiger partial charge in [0.25, 0.3) is 0 Å². The monoisotopic (exact) mass is 348 g/mol. The third-order valence-electron chi connectivity index (χ3n) is 3.48. The molecular formula is C14H24N2O4S2. The van der Waals surface area contributed by atoms with Crippen molar-refractivity contribution in [3.8, 4) is 0 Å². The van der Waals surface area contributed by atoms with Gasteiger partial charge in [0.2, 0.25) is 10.0 Å². The van der Waals surface area contributed by atoms with Crippen LogP contribution in [0.25, 0.3) is 0 Å². The van der Waals surface area contributed by atoms with Gasteiger partial charge in [0.15, 0.2) is 9.84 Å². The molecule has 22 heavy (non-hydrogen) atoms. The smallest absolute Gasteiger partial charge is 0.243 e. The highest BCUT2D eigenvalue weighted by atomic mass is 32.2. The Morgan fingerprint density at radius 1 is 1.18 bits per heavy atom. The van der Waals surface area contributed by atoms with E-state index in [1.54, 1.807) is 6.92 Å². The van der Waals surface area contributed by atoms with E-state index in [2.05, 4.69) is 0 Å². The molecule has 0 fully saturated rings. The standard InChI is InChI=1S/C14H24N2O4S2/c1-11-6-7-12(21(5,17)18)8-13(11)22(19,20)16(4)10-14(2,3)9-15/h6-8H,9-10,15H2,1-5H3. The Morgan fingerprint density at radius 3 is 2.18 bits per heavy atom. The second kappa shape index (κ2) is 6.27. The minimum atomic E-state index is -3.78. The number of hydrogen-bond donors (Lipinski definition) is 1. The summed E-state index contributed by atoms with van der Waals surface area (Å²) < 4.78 is 49.9. The molecule has 0 amide bonds. The Kier molecular flexibility index (Phi) is 5.44. The van der Waals surface area contributed by atoms with E-state index in [4.69, 9.17) is 5.73 Å². The summed E-state index contributed by atoms with van der Waals surface area (Å²) in [7, 11) is -5.78. The molecule has 0 aromatic heterocycles. The molecule has 126 valence electrons. The van der Waals surface area contributed by atoms with E-state index in [1.807, 2.05) is 13.8 Å². The number of hydrogen-bond acceptors (Lipinski definition) is 5. The SMILES string of the molecule is Cc1ccc(S(C)(=O)=O)cc1S(=O)(=O)N(C)CC(C)(C)CN. The predicted octanol–water partition coefficient (Wildman–Crippen LogP) is 1.00. The summed E-state index contributed by atoms with van der Waals surface area (Å²) in [5.41, 5.74) is 5.78. The lowest BCUT2D eigenvalue weighted by atomic mass is 9.94. The first-order valence-electron chi connectivity index (χ1n) is 6.78. The number of sulfone groups is 1. The minimum absolute atomic E-state index is 0.00532. The van der Waals surface area contributed by atoms with Crippen LogP contribution in [0.3, 0.4) is 0 Å². The van der Waals surface area contributed by atoms with Crippen LogP contribution in [0.15, 0.2) is 28.0 Å². The molecule has 8 heteroatoms. The van der Waals surface area contributed by atoms with Gasteiger partial charge in [-0.1, -0.05) is 19.9 Å². The van der Waals surface area contributed by atoms with E-state index in [1.165, 1.54) is 29.6 Å². The van der Waals surface area contributed by atoms with Crippen LogP contribution in [0.1, 0.15) is 19.4 Å². The molecule has 0 heterocycles. The van der Waals surface area contributed by atoms with Crippen molar-refractivity contribution >= 4 is 19.9 Å². The Morgan fingerprint density at radius 2 is 1.73 bits per heavy atom. The molecule has 0 unspecified atom stereocenters. The highest BCUT2D eigenvalue weighted by Gasteiger charge is 2.29. The van der Waals surface area contributed by atoms with E-state index in [-0.39, 0.29) is 21.8 Å². The summed E-state index contributed by atoms with van der Waals surface area (Å²) in [4.78, 5) is -0.00564. The Balaban J connectivity index is 3.34. The zero-order valence-electron chi connectivity index (χ0n) is 13.6. The summed E-state index contributed by atoms with van der Waals surface area (Å²) in [5, 5.41) is 0. The maximum atomic E-state index is 12.7. The van der Waals surface area contributed by atoms with Crippen molar-refractivity contribution in [2.45, 2.75) is 30.6 Å². The van der Waals surface area contributed by atoms with Gasteiger partial charge >= 0.3 is 0 Å². The van der Waals surface area contributed by atoms with Crippen molar-refractivity contribution in [2.24, 2.45) is 11.1 Å². The van der Waals surface area contributed by atoms with Crippen molar-refractivity contribution in [1.82, 2.24) is 4.31 Å². The number of nitrogens with zero attached hydrogens (tertiary/aromatic N) is 1. The van der Waals surface area contributed by atoms with E-state index in [0.29, 0.717) is 12.1 Å². The maximum absolute atomic E-state index is 12.7. The highest BCUT2D eigenvalue weighted by Crippen LogP contribution is 2.25. The van der Waals surface area contributed by atoms with Crippen LogP contribution in [-0.2, 0) is 19.9 Å². The van der Waals surface area contributed by atoms with Crippen LogP contribution in [0.5, 0.6) is 0 Å². The zero-order valence-corrected chi connectivity index (χ0v) is 15.3. The summed E-state index contributed by atoms with van der Waals surface area (Å²) >= 11 is 0. The van der Waals surface area contributed by atoms with Gasteiger partial charge in [0.05, 0.1) is 9.79 Å². The predicted molar refractivity (Wildman–Crippen MR) is 86.9 cm³/mol. The van der Waals surface area contributed by atoms with Gasteiger partial charge in [0.1, 0.15) is 0 Å². The largest absolute Gasteiger partial charge is 0.330 e. The van der Waals surface area contributed by atoms with Crippen molar-refractivity contribution in [1.29, 1.82) is 0 Å². The van der Waals surface area contributed by atoms with Crippen molar-refractivity contribution in [3.63, 3.8) is 0 Å². The van der Waals surface area contributed by atoms with Gasteiger partial charge < -0.3 is 5.73 Å². The maximum Gasteiger partial charge on any atom is 0.243 e. The third kappa shape index (κ3) is 4.28. The molecule has 0 bridgehead atoms. The molecule has 0 aliphatic rings. The average Bonchev–Trinajstić information content (AvgIpc) is 2.37. The molecule has 0 radical (unpaired) electrons. The van der Waals surface area contributed by atoms with Gasteiger partial charge in [-0.25, -0.2) is 21.1 Å². The molecule has 2 N–H and O–H groups in total. The van der Waals surface area contributed by atoms with Crippen LogP contribution in [0.4, 0.5) is 0 Å². The Bertz CT molecular complexity index is 753. The zero-order chi connectivity index (χ0) is 17.3. The van der Waals surface area contributed by atoms with Crippen molar-refractivity contribution in [2.75, 3.05) is 26.4 Å². The molecule has 1 aromatic carbocycles. The van der Waals surface area contributed by atoms with Gasteiger partial charge in [-0.3, -0.25) is 0 Å². The number of benzene rings is 1. The van der Waals surface area contributed by atoms with E-state index >= 15 is 0 Å². The van der Waals surface area contributed by atoms with E-state index < -0.39 is 19.9 Å². The summed E-state index contributed by atoms with van der Waals surface area (Å²) in [6.07, 6.45) is 1.05. The highest BCUT2D eigenvalue weighted by molar-refractivity contribution is 7.91. The van der Waals surface area contributed by atoms with Crippen LogP contribution in [0.2, 0.25) is 0 Å². The van der Waals surface area contributed by atoms with Crippen LogP contribution in [-0.4, -0.2) is 47.5 Å². The molecule has 1 rings (SSSR count). The minimum Gasteiger partial charge on any atom is -0.330 e. The average molecular weight is 348 g/mol. The number of sulfonamides is 1.